The average molecular weight is 311 g/mol. The highest BCUT2D eigenvalue weighted by Crippen LogP contribution is 2.30. The third kappa shape index (κ3) is 2.92. The van der Waals surface area contributed by atoms with E-state index in [1.165, 1.54) is 12.1 Å². The molecule has 18 heavy (non-hydrogen) atoms. The van der Waals surface area contributed by atoms with Gasteiger partial charge in [-0.2, -0.15) is 0 Å². The van der Waals surface area contributed by atoms with Gasteiger partial charge in [-0.05, 0) is 46.3 Å². The summed E-state index contributed by atoms with van der Waals surface area (Å²) < 4.78 is 19.2. The second kappa shape index (κ2) is 5.27. The molecule has 0 bridgehead atoms. The predicted octanol–water partition coefficient (Wildman–Crippen LogP) is 3.92. The Hall–Kier alpha value is -1.75. The zero-order valence-electron chi connectivity index (χ0n) is 9.71. The Kier molecular flexibility index (Phi) is 3.72. The average Bonchev–Trinajstić information content (AvgIpc) is 2.30. The first-order valence-corrected chi connectivity index (χ1v) is 6.04. The van der Waals surface area contributed by atoms with Crippen LogP contribution in [0.2, 0.25) is 0 Å². The summed E-state index contributed by atoms with van der Waals surface area (Å²) in [5.74, 6) is 0.335. The Bertz CT molecular complexity index is 555. The maximum absolute atomic E-state index is 13.2. The van der Waals surface area contributed by atoms with Crippen LogP contribution in [-0.4, -0.2) is 7.11 Å². The highest BCUT2D eigenvalue weighted by atomic mass is 79.9. The number of nitrogens with one attached hydrogen (secondary N) is 1. The molecule has 0 saturated heterocycles. The molecular weight excluding hydrogens is 299 g/mol. The largest absolute Gasteiger partial charge is 0.497 e. The van der Waals surface area contributed by atoms with Crippen molar-refractivity contribution in [2.45, 2.75) is 0 Å². The van der Waals surface area contributed by atoms with Crippen LogP contribution in [0, 0.1) is 5.82 Å². The van der Waals surface area contributed by atoms with E-state index in [0.717, 1.165) is 10.2 Å². The first kappa shape index (κ1) is 12.7. The van der Waals surface area contributed by atoms with Gasteiger partial charge in [0.25, 0.3) is 0 Å². The van der Waals surface area contributed by atoms with Gasteiger partial charge in [-0.25, -0.2) is 4.39 Å². The molecule has 0 aliphatic carbocycles. The van der Waals surface area contributed by atoms with Crippen molar-refractivity contribution in [3.63, 3.8) is 0 Å². The summed E-state index contributed by atoms with van der Waals surface area (Å²) in [5.41, 5.74) is 7.32. The van der Waals surface area contributed by atoms with Gasteiger partial charge in [0, 0.05) is 21.9 Å². The van der Waals surface area contributed by atoms with E-state index in [1.807, 2.05) is 18.2 Å². The van der Waals surface area contributed by atoms with Gasteiger partial charge in [0.15, 0.2) is 0 Å². The normalized spacial score (nSPS) is 10.2. The first-order valence-electron chi connectivity index (χ1n) is 5.25. The summed E-state index contributed by atoms with van der Waals surface area (Å²) in [7, 11) is 1.59. The molecule has 0 saturated carbocycles. The van der Waals surface area contributed by atoms with Crippen LogP contribution in [0.15, 0.2) is 40.9 Å². The number of nitrogen functional groups attached to an aromatic ring is 1. The van der Waals surface area contributed by atoms with Crippen LogP contribution in [0.5, 0.6) is 5.75 Å². The van der Waals surface area contributed by atoms with Crippen LogP contribution in [0.25, 0.3) is 0 Å². The van der Waals surface area contributed by atoms with Crippen LogP contribution in [0.1, 0.15) is 0 Å². The molecule has 0 aromatic heterocycles. The highest BCUT2D eigenvalue weighted by molar-refractivity contribution is 9.10. The summed E-state index contributed by atoms with van der Waals surface area (Å²) in [6.07, 6.45) is 0. The van der Waals surface area contributed by atoms with Gasteiger partial charge in [-0.3, -0.25) is 0 Å². The number of nitrogens with two attached hydrogens (primary N) is 1. The van der Waals surface area contributed by atoms with Crippen molar-refractivity contribution < 1.29 is 9.13 Å². The molecule has 0 spiro atoms. The van der Waals surface area contributed by atoms with Gasteiger partial charge >= 0.3 is 0 Å². The zero-order chi connectivity index (χ0) is 13.1. The zero-order valence-corrected chi connectivity index (χ0v) is 11.3. The van der Waals surface area contributed by atoms with Crippen LogP contribution in [0.3, 0.4) is 0 Å². The Morgan fingerprint density at radius 2 is 2.00 bits per heavy atom. The van der Waals surface area contributed by atoms with Gasteiger partial charge in [0.2, 0.25) is 0 Å². The van der Waals surface area contributed by atoms with Crippen molar-refractivity contribution in [3.05, 3.63) is 46.7 Å². The van der Waals surface area contributed by atoms with Crippen molar-refractivity contribution >= 4 is 33.0 Å². The summed E-state index contributed by atoms with van der Waals surface area (Å²) in [6, 6.07) is 9.80. The van der Waals surface area contributed by atoms with Crippen LogP contribution in [0.4, 0.5) is 21.5 Å². The molecular formula is C13H12BrFN2O. The number of hydrogen-bond acceptors (Lipinski definition) is 3. The SMILES string of the molecule is COc1ccc(Br)c(Nc2cc(N)cc(F)c2)c1. The van der Waals surface area contributed by atoms with Crippen molar-refractivity contribution in [3.8, 4) is 5.75 Å². The first-order chi connectivity index (χ1) is 8.58. The maximum atomic E-state index is 13.2. The number of benzene rings is 2. The van der Waals surface area contributed by atoms with Gasteiger partial charge in [0.05, 0.1) is 12.8 Å². The third-order valence-corrected chi connectivity index (χ3v) is 3.06. The molecule has 94 valence electrons. The monoisotopic (exact) mass is 310 g/mol. The van der Waals surface area contributed by atoms with E-state index in [9.17, 15) is 4.39 Å². The van der Waals surface area contributed by atoms with Crippen molar-refractivity contribution in [2.24, 2.45) is 0 Å². The molecule has 3 N–H and O–H groups in total. The second-order valence-corrected chi connectivity index (χ2v) is 4.60. The van der Waals surface area contributed by atoms with E-state index >= 15 is 0 Å². The van der Waals surface area contributed by atoms with Gasteiger partial charge in [0.1, 0.15) is 11.6 Å². The number of methoxy groups -OCH3 is 1. The summed E-state index contributed by atoms with van der Waals surface area (Å²) >= 11 is 3.41. The van der Waals surface area contributed by atoms with Crippen molar-refractivity contribution in [1.29, 1.82) is 0 Å². The predicted molar refractivity (Wildman–Crippen MR) is 74.8 cm³/mol. The second-order valence-electron chi connectivity index (χ2n) is 3.74. The lowest BCUT2D eigenvalue weighted by molar-refractivity contribution is 0.415. The Morgan fingerprint density at radius 3 is 2.67 bits per heavy atom. The van der Waals surface area contributed by atoms with Crippen LogP contribution < -0.4 is 15.8 Å². The van der Waals surface area contributed by atoms with Crippen LogP contribution >= 0.6 is 15.9 Å². The molecule has 5 heteroatoms. The quantitative estimate of drug-likeness (QED) is 0.845. The lowest BCUT2D eigenvalue weighted by atomic mass is 10.2. The standard InChI is InChI=1S/C13H12BrFN2O/c1-18-11-2-3-12(14)13(7-11)17-10-5-8(15)4-9(16)6-10/h2-7,17H,16H2,1H3. The van der Waals surface area contributed by atoms with Gasteiger partial charge in [-0.15, -0.1) is 0 Å². The number of hydrogen-bond donors (Lipinski definition) is 2. The Labute approximate surface area is 113 Å². The molecule has 0 aliphatic rings. The topological polar surface area (TPSA) is 47.3 Å². The fourth-order valence-electron chi connectivity index (χ4n) is 1.57. The molecule has 0 amide bonds. The smallest absolute Gasteiger partial charge is 0.127 e. The third-order valence-electron chi connectivity index (χ3n) is 2.37. The molecule has 0 aliphatic heterocycles. The van der Waals surface area contributed by atoms with Crippen molar-refractivity contribution in [1.82, 2.24) is 0 Å². The summed E-state index contributed by atoms with van der Waals surface area (Å²) in [4.78, 5) is 0. The molecule has 0 heterocycles. The molecule has 2 aromatic carbocycles. The minimum Gasteiger partial charge on any atom is -0.497 e. The highest BCUT2D eigenvalue weighted by Gasteiger charge is 2.04. The summed E-state index contributed by atoms with van der Waals surface area (Å²) in [6.45, 7) is 0. The van der Waals surface area contributed by atoms with E-state index in [1.54, 1.807) is 13.2 Å². The molecule has 2 aromatic rings. The molecule has 3 nitrogen and oxygen atoms in total. The minimum atomic E-state index is -0.378. The fourth-order valence-corrected chi connectivity index (χ4v) is 1.91. The maximum Gasteiger partial charge on any atom is 0.127 e. The Balaban J connectivity index is 2.33. The molecule has 0 radical (unpaired) electrons. The number of anilines is 3. The van der Waals surface area contributed by atoms with E-state index < -0.39 is 0 Å². The van der Waals surface area contributed by atoms with E-state index in [0.29, 0.717) is 17.1 Å². The number of ether oxygens (including phenoxy) is 1. The van der Waals surface area contributed by atoms with Crippen LogP contribution in [-0.2, 0) is 0 Å². The summed E-state index contributed by atoms with van der Waals surface area (Å²) in [5, 5.41) is 3.08. The molecule has 0 atom stereocenters. The minimum absolute atomic E-state index is 0.372. The number of halogens is 2. The van der Waals surface area contributed by atoms with Crippen molar-refractivity contribution in [2.75, 3.05) is 18.2 Å². The van der Waals surface area contributed by atoms with Gasteiger partial charge < -0.3 is 15.8 Å². The lowest BCUT2D eigenvalue weighted by Crippen LogP contribution is -1.95. The fraction of sp³-hybridized carbons (Fsp3) is 0.0769. The molecule has 0 unspecified atom stereocenters. The molecule has 0 fully saturated rings. The Morgan fingerprint density at radius 1 is 1.22 bits per heavy atom. The lowest BCUT2D eigenvalue weighted by Gasteiger charge is -2.11. The molecule has 2 rings (SSSR count). The van der Waals surface area contributed by atoms with Gasteiger partial charge in [-0.1, -0.05) is 0 Å². The van der Waals surface area contributed by atoms with E-state index in [4.69, 9.17) is 10.5 Å². The van der Waals surface area contributed by atoms with E-state index in [-0.39, 0.29) is 5.82 Å². The van der Waals surface area contributed by atoms with E-state index in [2.05, 4.69) is 21.2 Å². The number of rotatable bonds is 3.